The molecule has 0 bridgehead atoms. The molecule has 4 nitrogen and oxygen atoms in total. The van der Waals surface area contributed by atoms with Crippen LogP contribution in [-0.2, 0) is 15.8 Å². The van der Waals surface area contributed by atoms with E-state index in [9.17, 15) is 22.8 Å². The molecule has 1 fully saturated rings. The molecule has 0 radical (unpaired) electrons. The number of nitrogens with one attached hydrogen (secondary N) is 1. The van der Waals surface area contributed by atoms with Gasteiger partial charge in [-0.1, -0.05) is 29.3 Å². The van der Waals surface area contributed by atoms with E-state index in [1.54, 1.807) is 6.07 Å². The Bertz CT molecular complexity index is 902. The van der Waals surface area contributed by atoms with Crippen molar-refractivity contribution < 1.29 is 22.8 Å². The summed E-state index contributed by atoms with van der Waals surface area (Å²) in [6.07, 6.45) is -4.62. The van der Waals surface area contributed by atoms with Crippen molar-refractivity contribution in [3.8, 4) is 0 Å². The van der Waals surface area contributed by atoms with E-state index in [0.717, 1.165) is 12.1 Å². The lowest BCUT2D eigenvalue weighted by molar-refractivity contribution is -0.137. The summed E-state index contributed by atoms with van der Waals surface area (Å²) in [6, 6.07) is 9.01. The van der Waals surface area contributed by atoms with Crippen LogP contribution in [0.4, 0.5) is 24.5 Å². The summed E-state index contributed by atoms with van der Waals surface area (Å²) in [6.45, 7) is -0.0167. The molecule has 1 heterocycles. The molecule has 1 saturated heterocycles. The molecule has 9 heteroatoms. The molecule has 27 heavy (non-hydrogen) atoms. The number of benzene rings is 2. The molecular weight excluding hydrogens is 404 g/mol. The molecule has 2 aromatic rings. The molecule has 1 aliphatic heterocycles. The Kier molecular flexibility index (Phi) is 5.35. The first kappa shape index (κ1) is 19.5. The molecule has 142 valence electrons. The highest BCUT2D eigenvalue weighted by molar-refractivity contribution is 6.36. The van der Waals surface area contributed by atoms with Crippen LogP contribution in [0.15, 0.2) is 42.5 Å². The van der Waals surface area contributed by atoms with Crippen molar-refractivity contribution in [2.75, 3.05) is 16.8 Å². The highest BCUT2D eigenvalue weighted by Gasteiger charge is 2.37. The van der Waals surface area contributed by atoms with Crippen LogP contribution in [-0.4, -0.2) is 18.4 Å². The standard InChI is InChI=1S/C18H13Cl2F3N2O2/c19-12-4-5-15(14(20)8-12)24-17(27)10-6-16(26)25(9-10)13-3-1-2-11(7-13)18(21,22)23/h1-5,7-8,10H,6,9H2,(H,24,27)/t10-/m0/s1. The Labute approximate surface area is 162 Å². The number of hydrogen-bond acceptors (Lipinski definition) is 2. The SMILES string of the molecule is O=C(Nc1ccc(Cl)cc1Cl)[C@H]1CC(=O)N(c2cccc(C(F)(F)F)c2)C1. The molecule has 2 amide bonds. The fraction of sp³-hybridized carbons (Fsp3) is 0.222. The largest absolute Gasteiger partial charge is 0.416 e. The first-order valence-electron chi connectivity index (χ1n) is 7.88. The van der Waals surface area contributed by atoms with Gasteiger partial charge in [-0.2, -0.15) is 13.2 Å². The van der Waals surface area contributed by atoms with E-state index in [4.69, 9.17) is 23.2 Å². The van der Waals surface area contributed by atoms with E-state index in [2.05, 4.69) is 5.32 Å². The molecule has 3 rings (SSSR count). The quantitative estimate of drug-likeness (QED) is 0.764. The van der Waals surface area contributed by atoms with Gasteiger partial charge >= 0.3 is 6.18 Å². The third kappa shape index (κ3) is 4.36. The van der Waals surface area contributed by atoms with Gasteiger partial charge in [-0.15, -0.1) is 0 Å². The van der Waals surface area contributed by atoms with Crippen molar-refractivity contribution >= 4 is 46.4 Å². The van der Waals surface area contributed by atoms with Crippen LogP contribution in [0.3, 0.4) is 0 Å². The van der Waals surface area contributed by atoms with E-state index < -0.39 is 29.5 Å². The van der Waals surface area contributed by atoms with Crippen molar-refractivity contribution in [3.63, 3.8) is 0 Å². The second kappa shape index (κ2) is 7.40. The molecule has 1 aliphatic rings. The van der Waals surface area contributed by atoms with Gasteiger partial charge in [0.25, 0.3) is 0 Å². The molecular formula is C18H13Cl2F3N2O2. The van der Waals surface area contributed by atoms with Gasteiger partial charge in [0.05, 0.1) is 22.2 Å². The fourth-order valence-corrected chi connectivity index (χ4v) is 3.26. The van der Waals surface area contributed by atoms with Crippen molar-refractivity contribution in [1.29, 1.82) is 0 Å². The van der Waals surface area contributed by atoms with Crippen LogP contribution in [0.2, 0.25) is 10.0 Å². The zero-order valence-corrected chi connectivity index (χ0v) is 15.2. The van der Waals surface area contributed by atoms with E-state index in [0.29, 0.717) is 10.7 Å². The maximum absolute atomic E-state index is 12.9. The van der Waals surface area contributed by atoms with Gasteiger partial charge < -0.3 is 10.2 Å². The fourth-order valence-electron chi connectivity index (χ4n) is 2.81. The summed E-state index contributed by atoms with van der Waals surface area (Å²) < 4.78 is 38.6. The first-order chi connectivity index (χ1) is 12.6. The average Bonchev–Trinajstić information content (AvgIpc) is 2.99. The monoisotopic (exact) mass is 416 g/mol. The summed E-state index contributed by atoms with van der Waals surface area (Å²) in [5.74, 6) is -1.57. The van der Waals surface area contributed by atoms with Gasteiger partial charge in [-0.05, 0) is 36.4 Å². The number of amides is 2. The lowest BCUT2D eigenvalue weighted by Crippen LogP contribution is -2.28. The number of nitrogens with zero attached hydrogens (tertiary/aromatic N) is 1. The Balaban J connectivity index is 1.74. The minimum absolute atomic E-state index is 0.0167. The predicted octanol–water partition coefficient (Wildman–Crippen LogP) is 5.00. The van der Waals surface area contributed by atoms with Crippen LogP contribution in [0.1, 0.15) is 12.0 Å². The maximum Gasteiger partial charge on any atom is 0.416 e. The maximum atomic E-state index is 12.9. The van der Waals surface area contributed by atoms with Gasteiger partial charge in [0.15, 0.2) is 0 Å². The molecule has 0 saturated carbocycles. The number of carbonyl (C=O) groups excluding carboxylic acids is 2. The van der Waals surface area contributed by atoms with E-state index >= 15 is 0 Å². The van der Waals surface area contributed by atoms with Crippen LogP contribution in [0, 0.1) is 5.92 Å². The number of carbonyl (C=O) groups is 2. The first-order valence-corrected chi connectivity index (χ1v) is 8.64. The Morgan fingerprint density at radius 2 is 1.89 bits per heavy atom. The molecule has 0 unspecified atom stereocenters. The van der Waals surface area contributed by atoms with Gasteiger partial charge in [0.1, 0.15) is 0 Å². The summed E-state index contributed by atoms with van der Waals surface area (Å²) >= 11 is 11.8. The molecule has 2 aromatic carbocycles. The lowest BCUT2D eigenvalue weighted by Gasteiger charge is -2.18. The highest BCUT2D eigenvalue weighted by Crippen LogP contribution is 2.34. The molecule has 0 spiro atoms. The molecule has 0 aromatic heterocycles. The topological polar surface area (TPSA) is 49.4 Å². The summed E-state index contributed by atoms with van der Waals surface area (Å²) in [5.41, 5.74) is -0.403. The van der Waals surface area contributed by atoms with Gasteiger partial charge in [0.2, 0.25) is 11.8 Å². The summed E-state index contributed by atoms with van der Waals surface area (Å²) in [4.78, 5) is 25.9. The smallest absolute Gasteiger partial charge is 0.324 e. The molecule has 0 aliphatic carbocycles. The molecule has 1 N–H and O–H groups in total. The zero-order valence-electron chi connectivity index (χ0n) is 13.7. The van der Waals surface area contributed by atoms with Gasteiger partial charge in [-0.25, -0.2) is 0 Å². The Hall–Kier alpha value is -2.25. The minimum Gasteiger partial charge on any atom is -0.324 e. The second-order valence-electron chi connectivity index (χ2n) is 6.07. The second-order valence-corrected chi connectivity index (χ2v) is 6.91. The number of hydrogen-bond donors (Lipinski definition) is 1. The lowest BCUT2D eigenvalue weighted by atomic mass is 10.1. The van der Waals surface area contributed by atoms with Crippen LogP contribution in [0.5, 0.6) is 0 Å². The minimum atomic E-state index is -4.51. The number of alkyl halides is 3. The van der Waals surface area contributed by atoms with E-state index in [-0.39, 0.29) is 23.7 Å². The number of halogens is 5. The Morgan fingerprint density at radius 3 is 2.56 bits per heavy atom. The van der Waals surface area contributed by atoms with Crippen LogP contribution < -0.4 is 10.2 Å². The van der Waals surface area contributed by atoms with Crippen LogP contribution >= 0.6 is 23.2 Å². The third-order valence-corrected chi connectivity index (χ3v) is 4.72. The van der Waals surface area contributed by atoms with Crippen molar-refractivity contribution in [2.24, 2.45) is 5.92 Å². The average molecular weight is 417 g/mol. The predicted molar refractivity (Wildman–Crippen MR) is 97.0 cm³/mol. The number of rotatable bonds is 3. The summed E-state index contributed by atoms with van der Waals surface area (Å²) in [5, 5.41) is 3.27. The third-order valence-electron chi connectivity index (χ3n) is 4.17. The zero-order chi connectivity index (χ0) is 19.8. The van der Waals surface area contributed by atoms with E-state index in [1.165, 1.54) is 29.2 Å². The summed E-state index contributed by atoms with van der Waals surface area (Å²) in [7, 11) is 0. The van der Waals surface area contributed by atoms with Crippen molar-refractivity contribution in [3.05, 3.63) is 58.1 Å². The van der Waals surface area contributed by atoms with Crippen LogP contribution in [0.25, 0.3) is 0 Å². The molecule has 1 atom stereocenters. The van der Waals surface area contributed by atoms with E-state index in [1.807, 2.05) is 0 Å². The van der Waals surface area contributed by atoms with Gasteiger partial charge in [0, 0.05) is 23.7 Å². The normalized spacial score (nSPS) is 17.3. The number of anilines is 2. The highest BCUT2D eigenvalue weighted by atomic mass is 35.5. The van der Waals surface area contributed by atoms with Gasteiger partial charge in [-0.3, -0.25) is 9.59 Å². The van der Waals surface area contributed by atoms with Crippen molar-refractivity contribution in [2.45, 2.75) is 12.6 Å². The Morgan fingerprint density at radius 1 is 1.15 bits per heavy atom. The van der Waals surface area contributed by atoms with Crippen molar-refractivity contribution in [1.82, 2.24) is 0 Å².